The Morgan fingerprint density at radius 1 is 1.44 bits per heavy atom. The van der Waals surface area contributed by atoms with Crippen LogP contribution in [0.4, 0.5) is 0 Å². The van der Waals surface area contributed by atoms with Crippen LogP contribution in [-0.4, -0.2) is 24.4 Å². The molecule has 0 amide bonds. The lowest BCUT2D eigenvalue weighted by Crippen LogP contribution is -2.16. The molecule has 0 aliphatic carbocycles. The van der Waals surface area contributed by atoms with Crippen molar-refractivity contribution in [1.82, 2.24) is 5.32 Å². The number of nitrogens with one attached hydrogen (secondary N) is 1. The number of aliphatic hydroxyl groups is 1. The van der Waals surface area contributed by atoms with Crippen LogP contribution in [-0.2, 0) is 6.54 Å². The molecule has 2 N–H and O–H groups in total. The topological polar surface area (TPSA) is 65.3 Å². The summed E-state index contributed by atoms with van der Waals surface area (Å²) in [6, 6.07) is 9.65. The van der Waals surface area contributed by atoms with Gasteiger partial charge in [0.05, 0.1) is 6.10 Å². The van der Waals surface area contributed by atoms with Crippen molar-refractivity contribution in [2.45, 2.75) is 32.4 Å². The Labute approximate surface area is 108 Å². The molecule has 0 aliphatic heterocycles. The van der Waals surface area contributed by atoms with Crippen LogP contribution in [0.1, 0.15) is 25.3 Å². The SMILES string of the molecule is CC(O)CCCNCc1ccccc1OCC#N. The third kappa shape index (κ3) is 5.67. The van der Waals surface area contributed by atoms with Gasteiger partial charge in [0.15, 0.2) is 6.61 Å². The van der Waals surface area contributed by atoms with Crippen LogP contribution in [0.25, 0.3) is 0 Å². The molecule has 0 spiro atoms. The Balaban J connectivity index is 2.35. The number of hydrogen-bond acceptors (Lipinski definition) is 4. The van der Waals surface area contributed by atoms with Crippen molar-refractivity contribution in [3.63, 3.8) is 0 Å². The van der Waals surface area contributed by atoms with Crippen LogP contribution >= 0.6 is 0 Å². The maximum Gasteiger partial charge on any atom is 0.174 e. The van der Waals surface area contributed by atoms with Gasteiger partial charge in [0, 0.05) is 12.1 Å². The predicted octanol–water partition coefficient (Wildman–Crippen LogP) is 1.84. The van der Waals surface area contributed by atoms with Crippen molar-refractivity contribution in [1.29, 1.82) is 5.26 Å². The molecule has 1 aromatic rings. The zero-order valence-electron chi connectivity index (χ0n) is 10.7. The van der Waals surface area contributed by atoms with Crippen molar-refractivity contribution < 1.29 is 9.84 Å². The summed E-state index contributed by atoms with van der Waals surface area (Å²) in [7, 11) is 0. The molecule has 1 atom stereocenters. The van der Waals surface area contributed by atoms with Gasteiger partial charge in [-0.05, 0) is 32.4 Å². The molecule has 1 rings (SSSR count). The monoisotopic (exact) mass is 248 g/mol. The van der Waals surface area contributed by atoms with E-state index in [1.54, 1.807) is 6.92 Å². The third-order valence-corrected chi connectivity index (χ3v) is 2.56. The quantitative estimate of drug-likeness (QED) is 0.689. The highest BCUT2D eigenvalue weighted by Gasteiger charge is 2.02. The fraction of sp³-hybridized carbons (Fsp3) is 0.500. The van der Waals surface area contributed by atoms with Gasteiger partial charge < -0.3 is 15.2 Å². The van der Waals surface area contributed by atoms with Gasteiger partial charge in [0.25, 0.3) is 0 Å². The molecule has 0 bridgehead atoms. The van der Waals surface area contributed by atoms with E-state index < -0.39 is 0 Å². The maximum atomic E-state index is 9.13. The second-order valence-electron chi connectivity index (χ2n) is 4.22. The Hall–Kier alpha value is -1.57. The summed E-state index contributed by atoms with van der Waals surface area (Å²) >= 11 is 0. The van der Waals surface area contributed by atoms with Crippen molar-refractivity contribution in [3.8, 4) is 11.8 Å². The molecular weight excluding hydrogens is 228 g/mol. The Morgan fingerprint density at radius 2 is 2.22 bits per heavy atom. The molecule has 0 saturated heterocycles. The first-order valence-electron chi connectivity index (χ1n) is 6.20. The van der Waals surface area contributed by atoms with Crippen LogP contribution in [0.5, 0.6) is 5.75 Å². The molecule has 0 aliphatic rings. The lowest BCUT2D eigenvalue weighted by atomic mass is 10.2. The van der Waals surface area contributed by atoms with Crippen LogP contribution in [0, 0.1) is 11.3 Å². The molecule has 0 aromatic heterocycles. The Bertz CT molecular complexity index is 386. The Kier molecular flexibility index (Phi) is 6.85. The molecule has 0 fully saturated rings. The summed E-state index contributed by atoms with van der Waals surface area (Å²) in [5.74, 6) is 0.752. The molecule has 98 valence electrons. The van der Waals surface area contributed by atoms with Crippen molar-refractivity contribution in [2.75, 3.05) is 13.2 Å². The zero-order chi connectivity index (χ0) is 13.2. The summed E-state index contributed by atoms with van der Waals surface area (Å²) in [5, 5.41) is 20.9. The summed E-state index contributed by atoms with van der Waals surface area (Å²) < 4.78 is 5.34. The molecular formula is C14H20N2O2. The molecule has 1 aromatic carbocycles. The van der Waals surface area contributed by atoms with E-state index in [-0.39, 0.29) is 12.7 Å². The number of para-hydroxylation sites is 1. The summed E-state index contributed by atoms with van der Waals surface area (Å²) in [5.41, 5.74) is 1.05. The van der Waals surface area contributed by atoms with Crippen LogP contribution < -0.4 is 10.1 Å². The molecule has 4 nitrogen and oxygen atoms in total. The first kappa shape index (κ1) is 14.5. The average molecular weight is 248 g/mol. The molecule has 0 radical (unpaired) electrons. The number of hydrogen-bond donors (Lipinski definition) is 2. The normalized spacial score (nSPS) is 11.8. The van der Waals surface area contributed by atoms with E-state index in [0.29, 0.717) is 6.54 Å². The van der Waals surface area contributed by atoms with Gasteiger partial charge >= 0.3 is 0 Å². The first-order valence-corrected chi connectivity index (χ1v) is 6.20. The summed E-state index contributed by atoms with van der Waals surface area (Å²) in [6.07, 6.45) is 1.51. The zero-order valence-corrected chi connectivity index (χ0v) is 10.7. The molecule has 4 heteroatoms. The average Bonchev–Trinajstić information content (AvgIpc) is 2.36. The molecule has 0 saturated carbocycles. The number of aliphatic hydroxyl groups excluding tert-OH is 1. The van der Waals surface area contributed by atoms with Gasteiger partial charge in [0.2, 0.25) is 0 Å². The largest absolute Gasteiger partial charge is 0.478 e. The smallest absolute Gasteiger partial charge is 0.174 e. The van der Waals surface area contributed by atoms with E-state index in [1.807, 2.05) is 30.3 Å². The van der Waals surface area contributed by atoms with Gasteiger partial charge in [-0.25, -0.2) is 0 Å². The van der Waals surface area contributed by atoms with Crippen LogP contribution in [0.2, 0.25) is 0 Å². The van der Waals surface area contributed by atoms with Crippen LogP contribution in [0.15, 0.2) is 24.3 Å². The molecule has 1 unspecified atom stereocenters. The molecule has 18 heavy (non-hydrogen) atoms. The van der Waals surface area contributed by atoms with Gasteiger partial charge in [-0.15, -0.1) is 0 Å². The Morgan fingerprint density at radius 3 is 2.94 bits per heavy atom. The fourth-order valence-electron chi connectivity index (χ4n) is 1.65. The summed E-state index contributed by atoms with van der Waals surface area (Å²) in [4.78, 5) is 0. The molecule has 0 heterocycles. The lowest BCUT2D eigenvalue weighted by molar-refractivity contribution is 0.181. The number of ether oxygens (including phenoxy) is 1. The standard InChI is InChI=1S/C14H20N2O2/c1-12(17)5-4-9-16-11-13-6-2-3-7-14(13)18-10-8-15/h2-3,6-7,12,16-17H,4-5,9-11H2,1H3. The lowest BCUT2D eigenvalue weighted by Gasteiger charge is -2.10. The third-order valence-electron chi connectivity index (χ3n) is 2.56. The van der Waals surface area contributed by atoms with E-state index in [2.05, 4.69) is 5.32 Å². The van der Waals surface area contributed by atoms with Gasteiger partial charge in [0.1, 0.15) is 11.8 Å². The minimum Gasteiger partial charge on any atom is -0.478 e. The van der Waals surface area contributed by atoms with Crippen molar-refractivity contribution in [2.24, 2.45) is 0 Å². The number of rotatable bonds is 8. The minimum atomic E-state index is -0.238. The highest BCUT2D eigenvalue weighted by atomic mass is 16.5. The van der Waals surface area contributed by atoms with Gasteiger partial charge in [-0.3, -0.25) is 0 Å². The van der Waals surface area contributed by atoms with Crippen LogP contribution in [0.3, 0.4) is 0 Å². The number of nitriles is 1. The second kappa shape index (κ2) is 8.51. The maximum absolute atomic E-state index is 9.13. The summed E-state index contributed by atoms with van der Waals surface area (Å²) in [6.45, 7) is 3.43. The fourth-order valence-corrected chi connectivity index (χ4v) is 1.65. The van der Waals surface area contributed by atoms with E-state index in [9.17, 15) is 0 Å². The highest BCUT2D eigenvalue weighted by Crippen LogP contribution is 2.17. The van der Waals surface area contributed by atoms with E-state index in [4.69, 9.17) is 15.1 Å². The van der Waals surface area contributed by atoms with E-state index in [0.717, 1.165) is 30.7 Å². The van der Waals surface area contributed by atoms with Crippen molar-refractivity contribution in [3.05, 3.63) is 29.8 Å². The highest BCUT2D eigenvalue weighted by molar-refractivity contribution is 5.33. The second-order valence-corrected chi connectivity index (χ2v) is 4.22. The van der Waals surface area contributed by atoms with Gasteiger partial charge in [-0.2, -0.15) is 5.26 Å². The van der Waals surface area contributed by atoms with E-state index in [1.165, 1.54) is 0 Å². The number of benzene rings is 1. The van der Waals surface area contributed by atoms with Gasteiger partial charge in [-0.1, -0.05) is 18.2 Å². The first-order chi connectivity index (χ1) is 8.74. The predicted molar refractivity (Wildman–Crippen MR) is 70.2 cm³/mol. The minimum absolute atomic E-state index is 0.0685. The van der Waals surface area contributed by atoms with Crippen molar-refractivity contribution >= 4 is 0 Å². The number of nitrogens with zero attached hydrogens (tertiary/aromatic N) is 1. The van der Waals surface area contributed by atoms with E-state index >= 15 is 0 Å².